The van der Waals surface area contributed by atoms with Crippen molar-refractivity contribution in [2.75, 3.05) is 13.7 Å². The van der Waals surface area contributed by atoms with Crippen LogP contribution in [-0.2, 0) is 19.0 Å². The van der Waals surface area contributed by atoms with E-state index >= 15 is 0 Å². The van der Waals surface area contributed by atoms with Gasteiger partial charge in [-0.2, -0.15) is 0 Å². The van der Waals surface area contributed by atoms with Crippen LogP contribution in [0.1, 0.15) is 20.8 Å². The molecule has 4 heteroatoms. The highest BCUT2D eigenvalue weighted by Gasteiger charge is 2.49. The van der Waals surface area contributed by atoms with E-state index in [9.17, 15) is 4.79 Å². The highest BCUT2D eigenvalue weighted by Crippen LogP contribution is 2.34. The van der Waals surface area contributed by atoms with Crippen LogP contribution in [0, 0.1) is 0 Å². The van der Waals surface area contributed by atoms with Gasteiger partial charge >= 0.3 is 0 Å². The molecule has 0 aromatic rings. The van der Waals surface area contributed by atoms with Crippen LogP contribution in [0.15, 0.2) is 0 Å². The average molecular weight is 188 g/mol. The molecule has 1 heterocycles. The molecular formula is C9H16O4. The molecule has 0 amide bonds. The Labute approximate surface area is 78.2 Å². The van der Waals surface area contributed by atoms with Gasteiger partial charge in [0.15, 0.2) is 12.1 Å². The summed E-state index contributed by atoms with van der Waals surface area (Å²) in [5.74, 6) is -0.864. The zero-order chi connectivity index (χ0) is 10.1. The maximum atomic E-state index is 10.5. The van der Waals surface area contributed by atoms with Gasteiger partial charge in [0.1, 0.15) is 11.7 Å². The summed E-state index contributed by atoms with van der Waals surface area (Å²) in [6.45, 7) is 5.80. The van der Waals surface area contributed by atoms with Crippen LogP contribution in [0.3, 0.4) is 0 Å². The summed E-state index contributed by atoms with van der Waals surface area (Å²) in [5, 5.41) is 0. The lowest BCUT2D eigenvalue weighted by molar-refractivity contribution is -0.353. The molecule has 0 saturated carbocycles. The van der Waals surface area contributed by atoms with Gasteiger partial charge in [0.25, 0.3) is 0 Å². The molecule has 0 radical (unpaired) electrons. The summed E-state index contributed by atoms with van der Waals surface area (Å²) in [5.41, 5.74) is -0.540. The number of aldehydes is 1. The fourth-order valence-corrected chi connectivity index (χ4v) is 1.25. The Kier molecular flexibility index (Phi) is 2.75. The number of methoxy groups -OCH3 is 1. The first kappa shape index (κ1) is 10.6. The fraction of sp³-hybridized carbons (Fsp3) is 0.889. The van der Waals surface area contributed by atoms with Crippen LogP contribution in [0.2, 0.25) is 0 Å². The maximum Gasteiger partial charge on any atom is 0.194 e. The molecule has 0 aromatic heterocycles. The van der Waals surface area contributed by atoms with Crippen molar-refractivity contribution in [1.82, 2.24) is 0 Å². The van der Waals surface area contributed by atoms with Crippen LogP contribution < -0.4 is 0 Å². The maximum absolute atomic E-state index is 10.5. The Hall–Kier alpha value is -0.450. The van der Waals surface area contributed by atoms with Gasteiger partial charge < -0.3 is 19.0 Å². The van der Waals surface area contributed by atoms with Crippen molar-refractivity contribution in [1.29, 1.82) is 0 Å². The summed E-state index contributed by atoms with van der Waals surface area (Å²) in [6, 6.07) is 0. The predicted octanol–water partition coefficient (Wildman–Crippen LogP) is 0.742. The first-order valence-corrected chi connectivity index (χ1v) is 4.27. The second kappa shape index (κ2) is 3.36. The summed E-state index contributed by atoms with van der Waals surface area (Å²) >= 11 is 0. The Morgan fingerprint density at radius 1 is 1.46 bits per heavy atom. The van der Waals surface area contributed by atoms with Crippen molar-refractivity contribution in [2.24, 2.45) is 0 Å². The second-order valence-corrected chi connectivity index (χ2v) is 3.76. The van der Waals surface area contributed by atoms with Crippen LogP contribution in [0.4, 0.5) is 0 Å². The van der Waals surface area contributed by atoms with E-state index in [4.69, 9.17) is 14.2 Å². The Morgan fingerprint density at radius 3 is 2.54 bits per heavy atom. The second-order valence-electron chi connectivity index (χ2n) is 3.76. The van der Waals surface area contributed by atoms with E-state index in [2.05, 4.69) is 0 Å². The molecule has 4 nitrogen and oxygen atoms in total. The van der Waals surface area contributed by atoms with Gasteiger partial charge in [-0.1, -0.05) is 0 Å². The number of ether oxygens (including phenoxy) is 3. The van der Waals surface area contributed by atoms with Crippen LogP contribution >= 0.6 is 0 Å². The Bertz CT molecular complexity index is 202. The molecule has 0 aliphatic carbocycles. The van der Waals surface area contributed by atoms with Gasteiger partial charge in [-0.3, -0.25) is 0 Å². The van der Waals surface area contributed by atoms with E-state index in [1.54, 1.807) is 6.92 Å². The first-order valence-electron chi connectivity index (χ1n) is 4.27. The lowest BCUT2D eigenvalue weighted by Gasteiger charge is -2.47. The molecule has 0 N–H and O–H groups in total. The standard InChI is InChI=1S/C9H16O4/c1-8(2)9(3,11-4)13-7(5-10)6-12-8/h5,7H,6H2,1-4H3. The number of rotatable bonds is 2. The number of hydrogen-bond acceptors (Lipinski definition) is 4. The van der Waals surface area contributed by atoms with Crippen LogP contribution in [0.5, 0.6) is 0 Å². The molecule has 0 spiro atoms. The number of hydrogen-bond donors (Lipinski definition) is 0. The minimum atomic E-state index is -0.864. The van der Waals surface area contributed by atoms with Gasteiger partial charge in [0, 0.05) is 7.11 Å². The van der Waals surface area contributed by atoms with Crippen molar-refractivity contribution in [3.63, 3.8) is 0 Å². The molecule has 13 heavy (non-hydrogen) atoms. The first-order chi connectivity index (χ1) is 5.95. The number of carbonyl (C=O) groups excluding carboxylic acids is 1. The van der Waals surface area contributed by atoms with E-state index in [0.29, 0.717) is 0 Å². The summed E-state index contributed by atoms with van der Waals surface area (Å²) in [4.78, 5) is 10.5. The van der Waals surface area contributed by atoms with Gasteiger partial charge in [-0.05, 0) is 20.8 Å². The van der Waals surface area contributed by atoms with Gasteiger partial charge in [0.05, 0.1) is 6.61 Å². The molecule has 0 aromatic carbocycles. The molecule has 2 atom stereocenters. The fourth-order valence-electron chi connectivity index (χ4n) is 1.25. The minimum Gasteiger partial charge on any atom is -0.367 e. The molecule has 2 unspecified atom stereocenters. The lowest BCUT2D eigenvalue weighted by atomic mass is 9.97. The van der Waals surface area contributed by atoms with Crippen molar-refractivity contribution in [2.45, 2.75) is 38.3 Å². The Balaban J connectivity index is 2.81. The SMILES string of the molecule is COC1(C)OC(C=O)COC1(C)C. The quantitative estimate of drug-likeness (QED) is 0.600. The van der Waals surface area contributed by atoms with Crippen LogP contribution in [0.25, 0.3) is 0 Å². The average Bonchev–Trinajstić information content (AvgIpc) is 2.10. The van der Waals surface area contributed by atoms with Crippen LogP contribution in [-0.4, -0.2) is 37.5 Å². The third kappa shape index (κ3) is 1.75. The van der Waals surface area contributed by atoms with Crippen molar-refractivity contribution in [3.8, 4) is 0 Å². The van der Waals surface area contributed by atoms with Crippen molar-refractivity contribution >= 4 is 6.29 Å². The molecule has 1 aliphatic rings. The molecule has 1 rings (SSSR count). The highest BCUT2D eigenvalue weighted by atomic mass is 16.7. The van der Waals surface area contributed by atoms with Crippen molar-refractivity contribution in [3.05, 3.63) is 0 Å². The van der Waals surface area contributed by atoms with Crippen molar-refractivity contribution < 1.29 is 19.0 Å². The zero-order valence-electron chi connectivity index (χ0n) is 8.49. The van der Waals surface area contributed by atoms with E-state index in [-0.39, 0.29) is 6.61 Å². The molecular weight excluding hydrogens is 172 g/mol. The zero-order valence-corrected chi connectivity index (χ0v) is 8.49. The largest absolute Gasteiger partial charge is 0.367 e. The highest BCUT2D eigenvalue weighted by molar-refractivity contribution is 5.56. The third-order valence-electron chi connectivity index (χ3n) is 2.62. The molecule has 0 bridgehead atoms. The molecule has 76 valence electrons. The monoisotopic (exact) mass is 188 g/mol. The predicted molar refractivity (Wildman–Crippen MR) is 46.4 cm³/mol. The molecule has 1 fully saturated rings. The smallest absolute Gasteiger partial charge is 0.194 e. The lowest BCUT2D eigenvalue weighted by Crippen LogP contribution is -2.60. The van der Waals surface area contributed by atoms with E-state index in [1.165, 1.54) is 7.11 Å². The molecule has 1 aliphatic heterocycles. The van der Waals surface area contributed by atoms with E-state index < -0.39 is 17.5 Å². The van der Waals surface area contributed by atoms with Gasteiger partial charge in [-0.15, -0.1) is 0 Å². The minimum absolute atomic E-state index is 0.287. The third-order valence-corrected chi connectivity index (χ3v) is 2.62. The summed E-state index contributed by atoms with van der Waals surface area (Å²) < 4.78 is 16.2. The summed E-state index contributed by atoms with van der Waals surface area (Å²) in [6.07, 6.45) is 0.199. The van der Waals surface area contributed by atoms with E-state index in [1.807, 2.05) is 13.8 Å². The summed E-state index contributed by atoms with van der Waals surface area (Å²) in [7, 11) is 1.54. The topological polar surface area (TPSA) is 44.8 Å². The van der Waals surface area contributed by atoms with E-state index in [0.717, 1.165) is 6.29 Å². The number of carbonyl (C=O) groups is 1. The Morgan fingerprint density at radius 2 is 2.08 bits per heavy atom. The van der Waals surface area contributed by atoms with Gasteiger partial charge in [0.2, 0.25) is 0 Å². The van der Waals surface area contributed by atoms with Gasteiger partial charge in [-0.25, -0.2) is 0 Å². The molecule has 1 saturated heterocycles. The normalized spacial score (nSPS) is 38.6.